The number of nitrogens with one attached hydrogen (secondary N) is 2. The van der Waals surface area contributed by atoms with Gasteiger partial charge in [-0.05, 0) is 95.9 Å². The first-order valence-corrected chi connectivity index (χ1v) is 16.0. The third-order valence-electron chi connectivity index (χ3n) is 8.73. The Kier molecular flexibility index (Phi) is 9.11. The van der Waals surface area contributed by atoms with Gasteiger partial charge in [-0.25, -0.2) is 0 Å². The van der Waals surface area contributed by atoms with E-state index in [1.54, 1.807) is 16.7 Å². The van der Waals surface area contributed by atoms with E-state index in [4.69, 9.17) is 4.74 Å². The first-order valence-electron chi connectivity index (χ1n) is 15.1. The molecule has 2 unspecified atom stereocenters. The molecule has 1 aromatic carbocycles. The summed E-state index contributed by atoms with van der Waals surface area (Å²) in [5.74, 6) is -0.752. The van der Waals surface area contributed by atoms with Gasteiger partial charge in [0.25, 0.3) is 0 Å². The van der Waals surface area contributed by atoms with Gasteiger partial charge in [-0.3, -0.25) is 14.4 Å². The van der Waals surface area contributed by atoms with Gasteiger partial charge in [-0.15, -0.1) is 11.8 Å². The number of aliphatic hydroxyl groups is 1. The number of carbonyl (C=O) groups is 3. The van der Waals surface area contributed by atoms with Crippen molar-refractivity contribution in [1.82, 2.24) is 10.2 Å². The van der Waals surface area contributed by atoms with Gasteiger partial charge in [0.15, 0.2) is 0 Å². The molecule has 3 amide bonds. The van der Waals surface area contributed by atoms with Crippen molar-refractivity contribution >= 4 is 35.2 Å². The second kappa shape index (κ2) is 11.8. The molecular formula is C32H49N3O5S. The molecule has 3 fully saturated rings. The van der Waals surface area contributed by atoms with Crippen LogP contribution in [0, 0.1) is 17.3 Å². The number of benzene rings is 1. The Morgan fingerprint density at radius 1 is 1.07 bits per heavy atom. The summed E-state index contributed by atoms with van der Waals surface area (Å²) in [4.78, 5) is 44.1. The Hall–Kier alpha value is -2.26. The molecule has 5 atom stereocenters. The molecule has 41 heavy (non-hydrogen) atoms. The summed E-state index contributed by atoms with van der Waals surface area (Å²) >= 11 is 1.69. The predicted octanol–water partition coefficient (Wildman–Crippen LogP) is 5.00. The van der Waals surface area contributed by atoms with Crippen LogP contribution in [0.15, 0.2) is 24.3 Å². The van der Waals surface area contributed by atoms with Crippen LogP contribution in [0.1, 0.15) is 87.0 Å². The van der Waals surface area contributed by atoms with Gasteiger partial charge in [0.2, 0.25) is 17.7 Å². The molecule has 3 heterocycles. The van der Waals surface area contributed by atoms with Crippen LogP contribution >= 0.6 is 11.8 Å². The lowest BCUT2D eigenvalue weighted by Crippen LogP contribution is -2.58. The maximum Gasteiger partial charge on any atom is 0.244 e. The lowest BCUT2D eigenvalue weighted by molar-refractivity contribution is -0.140. The Balaban J connectivity index is 1.63. The van der Waals surface area contributed by atoms with Crippen molar-refractivity contribution in [2.45, 2.75) is 108 Å². The highest BCUT2D eigenvalue weighted by Crippen LogP contribution is 2.71. The van der Waals surface area contributed by atoms with Gasteiger partial charge in [-0.1, -0.05) is 20.8 Å². The molecular weight excluding hydrogens is 538 g/mol. The average Bonchev–Trinajstić information content (AvgIpc) is 3.42. The minimum absolute atomic E-state index is 0.0190. The van der Waals surface area contributed by atoms with Crippen molar-refractivity contribution in [3.63, 3.8) is 0 Å². The van der Waals surface area contributed by atoms with Crippen molar-refractivity contribution in [3.05, 3.63) is 24.3 Å². The van der Waals surface area contributed by atoms with Gasteiger partial charge in [0.1, 0.15) is 11.8 Å². The Bertz CT molecular complexity index is 1130. The van der Waals surface area contributed by atoms with E-state index < -0.39 is 32.9 Å². The van der Waals surface area contributed by atoms with E-state index in [2.05, 4.69) is 38.3 Å². The van der Waals surface area contributed by atoms with Crippen LogP contribution in [0.2, 0.25) is 0 Å². The Morgan fingerprint density at radius 2 is 1.76 bits per heavy atom. The maximum absolute atomic E-state index is 14.3. The standard InChI is InChI=1S/C32H49N3O5S/c1-8-40-22-14-12-21(13-15-22)33-26(37)23-24-28(39)35(18-10-9-11-19-36)25(32(24)17-16-31(23,7)41-32)27(38)34-30(5,6)20-29(2,3)4/h12-15,23-25,36H,8-11,16-20H2,1-7H3,(H,33,37)(H,34,38)/t23-,24-,25?,31+,32?/m0/s1. The number of amides is 3. The molecule has 0 aliphatic carbocycles. The third kappa shape index (κ3) is 6.41. The van der Waals surface area contributed by atoms with Crippen LogP contribution in [0.4, 0.5) is 5.69 Å². The molecule has 0 saturated carbocycles. The van der Waals surface area contributed by atoms with Crippen molar-refractivity contribution in [2.75, 3.05) is 25.1 Å². The summed E-state index contributed by atoms with van der Waals surface area (Å²) in [6, 6.07) is 6.65. The SMILES string of the molecule is CCOc1ccc(NC(=O)[C@@H]2[C@H]3C(=O)N(CCCCCO)C(C(=O)NC(C)(C)CC(C)(C)C)C34CC[C@@]2(C)S4)cc1. The highest BCUT2D eigenvalue weighted by Gasteiger charge is 2.77. The number of hydrogen-bond acceptors (Lipinski definition) is 6. The molecule has 3 saturated heterocycles. The molecule has 3 aliphatic heterocycles. The summed E-state index contributed by atoms with van der Waals surface area (Å²) in [6.07, 6.45) is 4.42. The average molecular weight is 588 g/mol. The summed E-state index contributed by atoms with van der Waals surface area (Å²) in [5, 5.41) is 15.7. The topological polar surface area (TPSA) is 108 Å². The molecule has 4 rings (SSSR count). The van der Waals surface area contributed by atoms with Crippen LogP contribution in [0.5, 0.6) is 5.75 Å². The molecule has 9 heteroatoms. The van der Waals surface area contributed by atoms with Crippen molar-refractivity contribution in [2.24, 2.45) is 17.3 Å². The van der Waals surface area contributed by atoms with Gasteiger partial charge >= 0.3 is 0 Å². The number of ether oxygens (including phenoxy) is 1. The monoisotopic (exact) mass is 587 g/mol. The summed E-state index contributed by atoms with van der Waals surface area (Å²) in [5.41, 5.74) is 0.226. The van der Waals surface area contributed by atoms with E-state index in [0.717, 1.165) is 31.4 Å². The predicted molar refractivity (Wildman–Crippen MR) is 164 cm³/mol. The number of unbranched alkanes of at least 4 members (excludes halogenated alkanes) is 2. The Morgan fingerprint density at radius 3 is 2.37 bits per heavy atom. The number of carbonyl (C=O) groups excluding carboxylic acids is 3. The van der Waals surface area contributed by atoms with Crippen LogP contribution < -0.4 is 15.4 Å². The highest BCUT2D eigenvalue weighted by molar-refractivity contribution is 8.02. The van der Waals surface area contributed by atoms with E-state index >= 15 is 0 Å². The fourth-order valence-electron chi connectivity index (χ4n) is 7.73. The third-order valence-corrected chi connectivity index (χ3v) is 10.7. The summed E-state index contributed by atoms with van der Waals surface area (Å²) in [7, 11) is 0. The summed E-state index contributed by atoms with van der Waals surface area (Å²) in [6.45, 7) is 15.7. The zero-order valence-electron chi connectivity index (χ0n) is 25.8. The molecule has 0 aromatic heterocycles. The summed E-state index contributed by atoms with van der Waals surface area (Å²) < 4.78 is 4.45. The molecule has 1 aromatic rings. The van der Waals surface area contributed by atoms with Gasteiger partial charge < -0.3 is 25.4 Å². The number of fused-ring (bicyclic) bond motifs is 1. The fourth-order valence-corrected chi connectivity index (χ4v) is 10.1. The Labute approximate surface area is 249 Å². The normalized spacial score (nSPS) is 29.0. The molecule has 3 aliphatic rings. The molecule has 0 radical (unpaired) electrons. The van der Waals surface area contributed by atoms with Gasteiger partial charge in [0, 0.05) is 29.1 Å². The van der Waals surface area contributed by atoms with Crippen LogP contribution in [0.25, 0.3) is 0 Å². The fraction of sp³-hybridized carbons (Fsp3) is 0.719. The smallest absolute Gasteiger partial charge is 0.244 e. The van der Waals surface area contributed by atoms with E-state index in [9.17, 15) is 19.5 Å². The minimum Gasteiger partial charge on any atom is -0.494 e. The second-order valence-electron chi connectivity index (χ2n) is 14.1. The van der Waals surface area contributed by atoms with E-state index in [-0.39, 0.29) is 29.7 Å². The lowest BCUT2D eigenvalue weighted by Gasteiger charge is -2.38. The first kappa shape index (κ1) is 31.7. The number of aliphatic hydroxyl groups excluding tert-OH is 1. The van der Waals surface area contributed by atoms with Crippen molar-refractivity contribution in [1.29, 1.82) is 0 Å². The molecule has 2 bridgehead atoms. The van der Waals surface area contributed by atoms with Crippen molar-refractivity contribution < 1.29 is 24.2 Å². The lowest BCUT2D eigenvalue weighted by atomic mass is 9.66. The van der Waals surface area contributed by atoms with Crippen LogP contribution in [0.3, 0.4) is 0 Å². The number of nitrogens with zero attached hydrogens (tertiary/aromatic N) is 1. The minimum atomic E-state index is -0.647. The zero-order valence-corrected chi connectivity index (χ0v) is 26.7. The largest absolute Gasteiger partial charge is 0.494 e. The van der Waals surface area contributed by atoms with E-state index in [0.29, 0.717) is 31.7 Å². The number of anilines is 1. The maximum atomic E-state index is 14.3. The number of hydrogen-bond donors (Lipinski definition) is 3. The first-order chi connectivity index (χ1) is 19.2. The van der Waals surface area contributed by atoms with E-state index in [1.165, 1.54) is 0 Å². The molecule has 3 N–H and O–H groups in total. The van der Waals surface area contributed by atoms with Crippen molar-refractivity contribution in [3.8, 4) is 5.75 Å². The van der Waals surface area contributed by atoms with Gasteiger partial charge in [0.05, 0.1) is 23.2 Å². The quantitative estimate of drug-likeness (QED) is 0.297. The molecule has 1 spiro atoms. The van der Waals surface area contributed by atoms with E-state index in [1.807, 2.05) is 45.0 Å². The number of rotatable bonds is 12. The van der Waals surface area contributed by atoms with Gasteiger partial charge in [-0.2, -0.15) is 0 Å². The molecule has 228 valence electrons. The van der Waals surface area contributed by atoms with Crippen LogP contribution in [-0.4, -0.2) is 68.6 Å². The molecule has 8 nitrogen and oxygen atoms in total. The van der Waals surface area contributed by atoms with Crippen LogP contribution in [-0.2, 0) is 14.4 Å². The zero-order chi connectivity index (χ0) is 30.2. The highest BCUT2D eigenvalue weighted by atomic mass is 32.2. The second-order valence-corrected chi connectivity index (χ2v) is 16.0. The number of thioether (sulfide) groups is 1. The number of likely N-dealkylation sites (tertiary alicyclic amines) is 1.